The number of rotatable bonds is 4. The number of benzene rings is 2. The van der Waals surface area contributed by atoms with Crippen molar-refractivity contribution < 1.29 is 13.9 Å². The van der Waals surface area contributed by atoms with Gasteiger partial charge in [0.25, 0.3) is 0 Å². The Kier molecular flexibility index (Phi) is 5.54. The van der Waals surface area contributed by atoms with Crippen molar-refractivity contribution in [2.24, 2.45) is 0 Å². The number of urea groups is 1. The smallest absolute Gasteiger partial charge is 0.318 e. The second kappa shape index (κ2) is 7.86. The Morgan fingerprint density at radius 3 is 2.30 bits per heavy atom. The number of nitrogens with one attached hydrogen (secondary N) is 1. The molecular formula is C21H26FN3O2. The molecule has 0 radical (unpaired) electrons. The first kappa shape index (κ1) is 19.0. The molecule has 0 bridgehead atoms. The summed E-state index contributed by atoms with van der Waals surface area (Å²) < 4.78 is 18.6. The third-order valence-electron chi connectivity index (χ3n) is 4.98. The second-order valence-electron chi connectivity index (χ2n) is 7.21. The molecule has 2 aromatic carbocycles. The molecule has 2 amide bonds. The average Bonchev–Trinajstić information content (AvgIpc) is 2.68. The SMILES string of the molecule is COc1ccccc1N1CCN(C(=O)NC(C)(C)c2ccc(F)cc2)CC1. The van der Waals surface area contributed by atoms with Gasteiger partial charge in [-0.3, -0.25) is 0 Å². The fourth-order valence-corrected chi connectivity index (χ4v) is 3.33. The van der Waals surface area contributed by atoms with E-state index in [0.717, 1.165) is 30.1 Å². The van der Waals surface area contributed by atoms with E-state index in [-0.39, 0.29) is 11.8 Å². The molecule has 0 atom stereocenters. The van der Waals surface area contributed by atoms with Crippen molar-refractivity contribution in [2.75, 3.05) is 38.2 Å². The Bertz CT molecular complexity index is 784. The highest BCUT2D eigenvalue weighted by molar-refractivity contribution is 5.75. The van der Waals surface area contributed by atoms with Crippen LogP contribution >= 0.6 is 0 Å². The van der Waals surface area contributed by atoms with E-state index in [1.54, 1.807) is 19.2 Å². The second-order valence-corrected chi connectivity index (χ2v) is 7.21. The van der Waals surface area contributed by atoms with Crippen LogP contribution in [-0.4, -0.2) is 44.2 Å². The first-order valence-electron chi connectivity index (χ1n) is 9.12. The summed E-state index contributed by atoms with van der Waals surface area (Å²) in [5, 5.41) is 3.06. The van der Waals surface area contributed by atoms with Gasteiger partial charge in [0.05, 0.1) is 18.3 Å². The van der Waals surface area contributed by atoms with Crippen LogP contribution in [0.1, 0.15) is 19.4 Å². The van der Waals surface area contributed by atoms with Crippen LogP contribution in [0.2, 0.25) is 0 Å². The van der Waals surface area contributed by atoms with Crippen LogP contribution in [0.15, 0.2) is 48.5 Å². The van der Waals surface area contributed by atoms with Crippen LogP contribution in [0.3, 0.4) is 0 Å². The molecule has 1 aliphatic rings. The van der Waals surface area contributed by atoms with Gasteiger partial charge in [-0.2, -0.15) is 0 Å². The van der Waals surface area contributed by atoms with Crippen molar-refractivity contribution in [3.63, 3.8) is 0 Å². The lowest BCUT2D eigenvalue weighted by molar-refractivity contribution is 0.183. The van der Waals surface area contributed by atoms with E-state index >= 15 is 0 Å². The Morgan fingerprint density at radius 1 is 1.04 bits per heavy atom. The normalized spacial score (nSPS) is 14.8. The van der Waals surface area contributed by atoms with E-state index in [2.05, 4.69) is 10.2 Å². The molecule has 1 N–H and O–H groups in total. The van der Waals surface area contributed by atoms with Gasteiger partial charge in [0.15, 0.2) is 0 Å². The topological polar surface area (TPSA) is 44.8 Å². The standard InChI is InChI=1S/C21H26FN3O2/c1-21(2,16-8-10-17(22)11-9-16)23-20(26)25-14-12-24(13-15-25)18-6-4-5-7-19(18)27-3/h4-11H,12-15H2,1-3H3,(H,23,26). The van der Waals surface area contributed by atoms with E-state index in [1.807, 2.05) is 43.0 Å². The monoisotopic (exact) mass is 371 g/mol. The van der Waals surface area contributed by atoms with Crippen LogP contribution in [0.25, 0.3) is 0 Å². The maximum absolute atomic E-state index is 13.1. The lowest BCUT2D eigenvalue weighted by Crippen LogP contribution is -2.55. The van der Waals surface area contributed by atoms with Crippen LogP contribution < -0.4 is 15.0 Å². The quantitative estimate of drug-likeness (QED) is 0.893. The summed E-state index contributed by atoms with van der Waals surface area (Å²) in [6, 6.07) is 14.0. The molecule has 5 nitrogen and oxygen atoms in total. The number of hydrogen-bond donors (Lipinski definition) is 1. The minimum absolute atomic E-state index is 0.107. The van der Waals surface area contributed by atoms with Gasteiger partial charge in [-0.1, -0.05) is 24.3 Å². The Labute approximate surface area is 159 Å². The summed E-state index contributed by atoms with van der Waals surface area (Å²) in [5.74, 6) is 0.557. The molecule has 0 spiro atoms. The summed E-state index contributed by atoms with van der Waals surface area (Å²) in [4.78, 5) is 16.8. The van der Waals surface area contributed by atoms with Crippen LogP contribution in [0, 0.1) is 5.82 Å². The van der Waals surface area contributed by atoms with Crippen molar-refractivity contribution in [2.45, 2.75) is 19.4 Å². The molecular weight excluding hydrogens is 345 g/mol. The number of halogens is 1. The van der Waals surface area contributed by atoms with Gasteiger partial charge in [-0.25, -0.2) is 9.18 Å². The number of anilines is 1. The predicted octanol–water partition coefficient (Wildman–Crippen LogP) is 3.60. The minimum atomic E-state index is -0.579. The average molecular weight is 371 g/mol. The molecule has 1 fully saturated rings. The number of amides is 2. The summed E-state index contributed by atoms with van der Waals surface area (Å²) in [6.45, 7) is 6.58. The molecule has 27 heavy (non-hydrogen) atoms. The highest BCUT2D eigenvalue weighted by Crippen LogP contribution is 2.28. The third kappa shape index (κ3) is 4.32. The number of methoxy groups -OCH3 is 1. The van der Waals surface area contributed by atoms with Gasteiger partial charge in [-0.05, 0) is 43.7 Å². The summed E-state index contributed by atoms with van der Waals surface area (Å²) in [6.07, 6.45) is 0. The number of ether oxygens (including phenoxy) is 1. The number of piperazine rings is 1. The van der Waals surface area contributed by atoms with Gasteiger partial charge in [0.2, 0.25) is 0 Å². The van der Waals surface area contributed by atoms with Crippen molar-refractivity contribution >= 4 is 11.7 Å². The van der Waals surface area contributed by atoms with Crippen LogP contribution in [0.4, 0.5) is 14.9 Å². The first-order valence-corrected chi connectivity index (χ1v) is 9.12. The molecule has 1 saturated heterocycles. The molecule has 3 rings (SSSR count). The molecule has 1 aliphatic heterocycles. The van der Waals surface area contributed by atoms with Crippen molar-refractivity contribution in [3.8, 4) is 5.75 Å². The summed E-state index contributed by atoms with van der Waals surface area (Å²) >= 11 is 0. The first-order chi connectivity index (χ1) is 12.9. The van der Waals surface area contributed by atoms with Crippen LogP contribution in [0.5, 0.6) is 5.75 Å². The Hall–Kier alpha value is -2.76. The van der Waals surface area contributed by atoms with Gasteiger partial charge < -0.3 is 19.9 Å². The molecule has 6 heteroatoms. The molecule has 0 aromatic heterocycles. The lowest BCUT2D eigenvalue weighted by atomic mass is 9.94. The number of para-hydroxylation sites is 2. The minimum Gasteiger partial charge on any atom is -0.495 e. The maximum Gasteiger partial charge on any atom is 0.318 e. The number of carbonyl (C=O) groups excluding carboxylic acids is 1. The van der Waals surface area contributed by atoms with E-state index in [4.69, 9.17) is 4.74 Å². The van der Waals surface area contributed by atoms with Crippen LogP contribution in [-0.2, 0) is 5.54 Å². The Balaban J connectivity index is 1.60. The zero-order valence-electron chi connectivity index (χ0n) is 16.0. The van der Waals surface area contributed by atoms with E-state index in [0.29, 0.717) is 13.1 Å². The van der Waals surface area contributed by atoms with Gasteiger partial charge in [-0.15, -0.1) is 0 Å². The van der Waals surface area contributed by atoms with Crippen molar-refractivity contribution in [1.29, 1.82) is 0 Å². The summed E-state index contributed by atoms with van der Waals surface area (Å²) in [5.41, 5.74) is 1.33. The number of nitrogens with zero attached hydrogens (tertiary/aromatic N) is 2. The molecule has 0 saturated carbocycles. The van der Waals surface area contributed by atoms with Gasteiger partial charge in [0.1, 0.15) is 11.6 Å². The highest BCUT2D eigenvalue weighted by atomic mass is 19.1. The largest absolute Gasteiger partial charge is 0.495 e. The fraction of sp³-hybridized carbons (Fsp3) is 0.381. The zero-order valence-corrected chi connectivity index (χ0v) is 16.0. The molecule has 2 aromatic rings. The fourth-order valence-electron chi connectivity index (χ4n) is 3.33. The molecule has 144 valence electrons. The van der Waals surface area contributed by atoms with E-state index in [9.17, 15) is 9.18 Å². The number of carbonyl (C=O) groups is 1. The van der Waals surface area contributed by atoms with Gasteiger partial charge >= 0.3 is 6.03 Å². The maximum atomic E-state index is 13.1. The number of hydrogen-bond acceptors (Lipinski definition) is 3. The van der Waals surface area contributed by atoms with Crippen molar-refractivity contribution in [3.05, 3.63) is 59.9 Å². The zero-order chi connectivity index (χ0) is 19.4. The van der Waals surface area contributed by atoms with E-state index in [1.165, 1.54) is 12.1 Å². The van der Waals surface area contributed by atoms with E-state index < -0.39 is 5.54 Å². The molecule has 0 unspecified atom stereocenters. The third-order valence-corrected chi connectivity index (χ3v) is 4.98. The predicted molar refractivity (Wildman–Crippen MR) is 105 cm³/mol. The van der Waals surface area contributed by atoms with Crippen molar-refractivity contribution in [1.82, 2.24) is 10.2 Å². The summed E-state index contributed by atoms with van der Waals surface area (Å²) in [7, 11) is 1.67. The Morgan fingerprint density at radius 2 is 1.67 bits per heavy atom. The highest BCUT2D eigenvalue weighted by Gasteiger charge is 2.28. The molecule has 1 heterocycles. The lowest BCUT2D eigenvalue weighted by Gasteiger charge is -2.38. The molecule has 0 aliphatic carbocycles. The van der Waals surface area contributed by atoms with Gasteiger partial charge in [0, 0.05) is 26.2 Å².